The molecule has 0 unspecified atom stereocenters. The van der Waals surface area contributed by atoms with Gasteiger partial charge < -0.3 is 35.6 Å². The largest absolute Gasteiger partial charge is 0.497 e. The molecule has 2 bridgehead atoms. The summed E-state index contributed by atoms with van der Waals surface area (Å²) in [6.45, 7) is 7.02. The summed E-state index contributed by atoms with van der Waals surface area (Å²) in [5, 5.41) is 11.8. The van der Waals surface area contributed by atoms with Crippen LogP contribution in [0, 0.1) is 11.8 Å². The van der Waals surface area contributed by atoms with E-state index in [4.69, 9.17) is 9.47 Å². The van der Waals surface area contributed by atoms with Crippen molar-refractivity contribution in [3.8, 4) is 11.5 Å². The lowest BCUT2D eigenvalue weighted by molar-refractivity contribution is -0.140. The number of likely N-dealkylation sites (tertiary alicyclic amines) is 1. The van der Waals surface area contributed by atoms with Crippen molar-refractivity contribution >= 4 is 29.5 Å². The summed E-state index contributed by atoms with van der Waals surface area (Å²) in [5.41, 5.74) is 1.54. The van der Waals surface area contributed by atoms with Gasteiger partial charge in [-0.15, -0.1) is 0 Å². The number of amides is 5. The van der Waals surface area contributed by atoms with E-state index in [1.165, 1.54) is 4.90 Å². The summed E-state index contributed by atoms with van der Waals surface area (Å²) in [5.74, 6) is -0.179. The molecule has 2 fully saturated rings. The molecule has 1 saturated heterocycles. The molecule has 288 valence electrons. The summed E-state index contributed by atoms with van der Waals surface area (Å²) in [6, 6.07) is 10.8. The highest BCUT2D eigenvalue weighted by atomic mass is 16.5. The summed E-state index contributed by atoms with van der Waals surface area (Å²) in [7, 11) is 3.46. The Labute approximate surface area is 312 Å². The highest BCUT2D eigenvalue weighted by molar-refractivity contribution is 5.95. The second-order valence-electron chi connectivity index (χ2n) is 15.3. The molecule has 0 spiro atoms. The highest BCUT2D eigenvalue weighted by Gasteiger charge is 2.35. The first-order valence-corrected chi connectivity index (χ1v) is 18.9. The molecule has 4 N–H and O–H groups in total. The number of carbonyl (C=O) groups excluding carboxylic acids is 5. The third-order valence-electron chi connectivity index (χ3n) is 10.2. The molecule has 0 radical (unpaired) electrons. The van der Waals surface area contributed by atoms with Gasteiger partial charge in [-0.2, -0.15) is 0 Å². The molecule has 2 aromatic rings. The van der Waals surface area contributed by atoms with E-state index >= 15 is 0 Å². The van der Waals surface area contributed by atoms with E-state index in [2.05, 4.69) is 35.1 Å². The second kappa shape index (κ2) is 18.4. The lowest BCUT2D eigenvalue weighted by atomic mass is 10.0. The zero-order chi connectivity index (χ0) is 38.1. The van der Waals surface area contributed by atoms with Crippen molar-refractivity contribution in [2.24, 2.45) is 11.8 Å². The second-order valence-corrected chi connectivity index (χ2v) is 15.3. The highest BCUT2D eigenvalue weighted by Crippen LogP contribution is 2.30. The van der Waals surface area contributed by atoms with Crippen molar-refractivity contribution in [1.29, 1.82) is 0 Å². The molecule has 5 amide bonds. The van der Waals surface area contributed by atoms with Crippen LogP contribution in [0.4, 0.5) is 0 Å². The van der Waals surface area contributed by atoms with E-state index in [9.17, 15) is 24.0 Å². The number of carbonyl (C=O) groups is 5. The predicted molar refractivity (Wildman–Crippen MR) is 200 cm³/mol. The molecule has 1 saturated carbocycles. The zero-order valence-electron chi connectivity index (χ0n) is 31.7. The van der Waals surface area contributed by atoms with Gasteiger partial charge in [0.05, 0.1) is 25.7 Å². The molecule has 2 aromatic carbocycles. The Morgan fingerprint density at radius 1 is 0.962 bits per heavy atom. The number of hydrogen-bond acceptors (Lipinski definition) is 8. The van der Waals surface area contributed by atoms with Crippen molar-refractivity contribution in [2.45, 2.75) is 95.9 Å². The Balaban J connectivity index is 1.46. The molecule has 3 heterocycles. The van der Waals surface area contributed by atoms with Crippen LogP contribution in [0.2, 0.25) is 0 Å². The van der Waals surface area contributed by atoms with E-state index < -0.39 is 29.9 Å². The summed E-state index contributed by atoms with van der Waals surface area (Å²) < 4.78 is 11.4. The first kappa shape index (κ1) is 39.6. The lowest BCUT2D eigenvalue weighted by Crippen LogP contribution is -2.59. The third kappa shape index (κ3) is 11.7. The molecule has 5 atom stereocenters. The summed E-state index contributed by atoms with van der Waals surface area (Å²) >= 11 is 0. The molecule has 13 heteroatoms. The van der Waals surface area contributed by atoms with Crippen molar-refractivity contribution < 1.29 is 33.4 Å². The van der Waals surface area contributed by atoms with Crippen LogP contribution in [0.15, 0.2) is 48.5 Å². The molecular formula is C40H56N6O7. The quantitative estimate of drug-likeness (QED) is 0.286. The van der Waals surface area contributed by atoms with Crippen LogP contribution >= 0.6 is 0 Å². The fraction of sp³-hybridized carbons (Fsp3) is 0.575. The van der Waals surface area contributed by atoms with Gasteiger partial charge in [-0.3, -0.25) is 28.9 Å². The predicted octanol–water partition coefficient (Wildman–Crippen LogP) is 2.21. The van der Waals surface area contributed by atoms with E-state index in [1.54, 1.807) is 38.3 Å². The first-order valence-electron chi connectivity index (χ1n) is 18.9. The molecule has 6 rings (SSSR count). The Hall–Kier alpha value is -4.65. The van der Waals surface area contributed by atoms with Gasteiger partial charge in [0.25, 0.3) is 0 Å². The van der Waals surface area contributed by atoms with Crippen LogP contribution in [-0.4, -0.2) is 110 Å². The van der Waals surface area contributed by atoms with Crippen molar-refractivity contribution in [1.82, 2.24) is 31.1 Å². The van der Waals surface area contributed by atoms with Gasteiger partial charge in [0.15, 0.2) is 0 Å². The van der Waals surface area contributed by atoms with Crippen LogP contribution in [0.5, 0.6) is 11.5 Å². The Kier molecular flexibility index (Phi) is 13.7. The van der Waals surface area contributed by atoms with Gasteiger partial charge in [-0.25, -0.2) is 0 Å². The minimum absolute atomic E-state index is 0.117. The van der Waals surface area contributed by atoms with E-state index in [0.29, 0.717) is 36.8 Å². The lowest BCUT2D eigenvalue weighted by Gasteiger charge is -2.29. The summed E-state index contributed by atoms with van der Waals surface area (Å²) in [4.78, 5) is 72.5. The van der Waals surface area contributed by atoms with Gasteiger partial charge in [-0.05, 0) is 99.8 Å². The van der Waals surface area contributed by atoms with Crippen LogP contribution < -0.4 is 30.7 Å². The summed E-state index contributed by atoms with van der Waals surface area (Å²) in [6.07, 6.45) is 4.48. The topological polar surface area (TPSA) is 158 Å². The number of fused-ring (bicyclic) bond motifs is 17. The molecule has 0 aromatic heterocycles. The molecular weight excluding hydrogens is 676 g/mol. The first-order chi connectivity index (χ1) is 25.4. The van der Waals surface area contributed by atoms with Crippen LogP contribution in [0.3, 0.4) is 0 Å². The van der Waals surface area contributed by atoms with E-state index in [1.807, 2.05) is 36.2 Å². The number of nitrogens with zero attached hydrogens (tertiary/aromatic N) is 2. The number of hydrogen-bond donors (Lipinski definition) is 4. The number of benzene rings is 2. The number of ether oxygens (including phenoxy) is 2. The maximum atomic E-state index is 14.2. The van der Waals surface area contributed by atoms with Crippen LogP contribution in [-0.2, 0) is 36.8 Å². The number of rotatable bonds is 9. The molecule has 4 aliphatic rings. The minimum atomic E-state index is -1.09. The van der Waals surface area contributed by atoms with Gasteiger partial charge >= 0.3 is 0 Å². The van der Waals surface area contributed by atoms with Crippen molar-refractivity contribution in [2.75, 3.05) is 40.4 Å². The Morgan fingerprint density at radius 2 is 1.68 bits per heavy atom. The van der Waals surface area contributed by atoms with Crippen LogP contribution in [0.1, 0.15) is 64.0 Å². The minimum Gasteiger partial charge on any atom is -0.497 e. The number of nitrogens with one attached hydrogen (secondary N) is 4. The fourth-order valence-corrected chi connectivity index (χ4v) is 7.03. The molecule has 13 nitrogen and oxygen atoms in total. The fourth-order valence-electron chi connectivity index (χ4n) is 7.03. The van der Waals surface area contributed by atoms with Gasteiger partial charge in [-0.1, -0.05) is 38.1 Å². The Morgan fingerprint density at radius 3 is 2.30 bits per heavy atom. The number of likely N-dealkylation sites (N-methyl/N-ethyl adjacent to an activating group) is 1. The molecule has 1 aliphatic carbocycles. The SMILES string of the molecule is COc1ccc(C[C@@H]2NC(=O)[C@@H](NC(=O)[C@H]3CCCN3C)Cc3ccc(cc3)OC[C@H](CC(C)C)NC(=O)CN(CC3CC3)C(=O)[C@@H](C)NC2=O)cc1. The van der Waals surface area contributed by atoms with Crippen molar-refractivity contribution in [3.63, 3.8) is 0 Å². The average molecular weight is 733 g/mol. The standard InChI is InChI=1S/C40H56N6O7/c1-25(2)19-30-24-53-32-16-12-28(13-17-32)21-34(44-39(50)35-7-6-18-45(35)4)38(49)43-33(20-27-10-14-31(52-5)15-11-27)37(48)41-26(3)40(51)46(22-29-8-9-29)23-36(47)42-30/h10-17,25-26,29-30,33-35H,6-9,18-24H2,1-5H3,(H,41,48)(H,42,47)(H,43,49)(H,44,50)/t26-,30+,33+,34+,35-/m1/s1. The molecule has 3 aliphatic heterocycles. The monoisotopic (exact) mass is 732 g/mol. The number of methoxy groups -OCH3 is 1. The van der Waals surface area contributed by atoms with Crippen LogP contribution in [0.25, 0.3) is 0 Å². The average Bonchev–Trinajstić information content (AvgIpc) is 3.84. The third-order valence-corrected chi connectivity index (χ3v) is 10.2. The van der Waals surface area contributed by atoms with Gasteiger partial charge in [0.2, 0.25) is 29.5 Å². The maximum Gasteiger partial charge on any atom is 0.245 e. The Bertz CT molecular complexity index is 1580. The molecule has 53 heavy (non-hydrogen) atoms. The zero-order valence-corrected chi connectivity index (χ0v) is 31.7. The van der Waals surface area contributed by atoms with Crippen molar-refractivity contribution in [3.05, 3.63) is 59.7 Å². The smallest absolute Gasteiger partial charge is 0.245 e. The van der Waals surface area contributed by atoms with Gasteiger partial charge in [0.1, 0.15) is 36.2 Å². The van der Waals surface area contributed by atoms with E-state index in [0.717, 1.165) is 36.9 Å². The normalized spacial score (nSPS) is 25.3. The van der Waals surface area contributed by atoms with E-state index in [-0.39, 0.29) is 61.7 Å². The maximum absolute atomic E-state index is 14.2. The van der Waals surface area contributed by atoms with Gasteiger partial charge in [0, 0.05) is 19.4 Å².